The van der Waals surface area contributed by atoms with Crippen LogP contribution in [0.5, 0.6) is 0 Å². The normalized spacial score (nSPS) is 15.9. The van der Waals surface area contributed by atoms with E-state index in [0.717, 1.165) is 42.7 Å². The molecule has 1 aliphatic heterocycles. The molecule has 0 bridgehead atoms. The number of hydrogen-bond acceptors (Lipinski definition) is 6. The van der Waals surface area contributed by atoms with Gasteiger partial charge in [-0.3, -0.25) is 9.48 Å². The summed E-state index contributed by atoms with van der Waals surface area (Å²) in [5.41, 5.74) is 1.57. The molecule has 3 heterocycles. The minimum absolute atomic E-state index is 0.0211. The van der Waals surface area contributed by atoms with E-state index in [0.29, 0.717) is 12.2 Å². The van der Waals surface area contributed by atoms with E-state index in [1.807, 2.05) is 29.5 Å². The lowest BCUT2D eigenvalue weighted by atomic mass is 10.3. The van der Waals surface area contributed by atoms with Crippen LogP contribution in [0.4, 0.5) is 5.13 Å². The van der Waals surface area contributed by atoms with E-state index in [4.69, 9.17) is 0 Å². The highest BCUT2D eigenvalue weighted by molar-refractivity contribution is 7.09. The number of carbonyl (C=O) groups excluding carboxylic acids is 1. The third kappa shape index (κ3) is 3.43. The topological polar surface area (TPSA) is 67.2 Å². The van der Waals surface area contributed by atoms with Crippen molar-refractivity contribution in [3.05, 3.63) is 23.3 Å². The molecule has 0 aromatic carbocycles. The van der Waals surface area contributed by atoms with Crippen LogP contribution in [-0.2, 0) is 0 Å². The van der Waals surface area contributed by atoms with Gasteiger partial charge in [0.15, 0.2) is 5.69 Å². The minimum Gasteiger partial charge on any atom is -0.345 e. The van der Waals surface area contributed by atoms with E-state index in [-0.39, 0.29) is 11.9 Å². The fourth-order valence-electron chi connectivity index (χ4n) is 3.00. The Hall–Kier alpha value is -1.96. The van der Waals surface area contributed by atoms with Gasteiger partial charge in [0.25, 0.3) is 5.91 Å². The quantitative estimate of drug-likeness (QED) is 0.851. The second-order valence-corrected chi connectivity index (χ2v) is 7.20. The SMILES string of the molecule is Cc1nsc(N2CCCN(C(=O)c3cc(C)n(C(C)C)n3)CC2)n1. The Morgan fingerprint density at radius 3 is 2.62 bits per heavy atom. The molecule has 2 aromatic heterocycles. The van der Waals surface area contributed by atoms with E-state index in [9.17, 15) is 4.79 Å². The van der Waals surface area contributed by atoms with Gasteiger partial charge in [0, 0.05) is 49.4 Å². The molecule has 8 heteroatoms. The molecule has 2 aromatic rings. The summed E-state index contributed by atoms with van der Waals surface area (Å²) in [7, 11) is 0. The standard InChI is InChI=1S/C16H24N6OS/c1-11(2)22-12(3)10-14(18-22)15(23)20-6-5-7-21(9-8-20)16-17-13(4)19-24-16/h10-11H,5-9H2,1-4H3. The van der Waals surface area contributed by atoms with Crippen molar-refractivity contribution in [3.63, 3.8) is 0 Å². The summed E-state index contributed by atoms with van der Waals surface area (Å²) in [6.45, 7) is 11.2. The number of amides is 1. The molecule has 130 valence electrons. The van der Waals surface area contributed by atoms with Gasteiger partial charge in [0.1, 0.15) is 5.82 Å². The monoisotopic (exact) mass is 348 g/mol. The second-order valence-electron chi connectivity index (χ2n) is 6.47. The number of carbonyl (C=O) groups is 1. The van der Waals surface area contributed by atoms with E-state index < -0.39 is 0 Å². The van der Waals surface area contributed by atoms with Crippen LogP contribution in [0, 0.1) is 13.8 Å². The summed E-state index contributed by atoms with van der Waals surface area (Å²) < 4.78 is 6.15. The first-order valence-corrected chi connectivity index (χ1v) is 9.13. The molecule has 0 atom stereocenters. The highest BCUT2D eigenvalue weighted by Gasteiger charge is 2.24. The number of anilines is 1. The van der Waals surface area contributed by atoms with Gasteiger partial charge in [-0.25, -0.2) is 4.98 Å². The highest BCUT2D eigenvalue weighted by atomic mass is 32.1. The lowest BCUT2D eigenvalue weighted by Gasteiger charge is -2.20. The predicted molar refractivity (Wildman–Crippen MR) is 94.7 cm³/mol. The maximum atomic E-state index is 12.8. The Morgan fingerprint density at radius 1 is 1.21 bits per heavy atom. The molecule has 1 fully saturated rings. The zero-order valence-electron chi connectivity index (χ0n) is 14.7. The van der Waals surface area contributed by atoms with Crippen molar-refractivity contribution >= 4 is 22.6 Å². The van der Waals surface area contributed by atoms with Gasteiger partial charge in [-0.15, -0.1) is 0 Å². The molecule has 0 N–H and O–H groups in total. The molecule has 3 rings (SSSR count). The first-order valence-electron chi connectivity index (χ1n) is 8.36. The van der Waals surface area contributed by atoms with Crippen LogP contribution in [0.3, 0.4) is 0 Å². The number of hydrogen-bond donors (Lipinski definition) is 0. The Balaban J connectivity index is 1.69. The number of rotatable bonds is 3. The predicted octanol–water partition coefficient (Wildman–Crippen LogP) is 2.28. The maximum Gasteiger partial charge on any atom is 0.274 e. The molecule has 0 saturated carbocycles. The first-order chi connectivity index (χ1) is 11.5. The summed E-state index contributed by atoms with van der Waals surface area (Å²) in [5.74, 6) is 0.828. The third-order valence-corrected chi connectivity index (χ3v) is 5.07. The van der Waals surface area contributed by atoms with Gasteiger partial charge in [-0.1, -0.05) is 0 Å². The van der Waals surface area contributed by atoms with Gasteiger partial charge in [0.05, 0.1) is 0 Å². The van der Waals surface area contributed by atoms with Crippen molar-refractivity contribution in [3.8, 4) is 0 Å². The molecule has 24 heavy (non-hydrogen) atoms. The van der Waals surface area contributed by atoms with Crippen molar-refractivity contribution in [2.75, 3.05) is 31.1 Å². The van der Waals surface area contributed by atoms with Crippen LogP contribution >= 0.6 is 11.5 Å². The Morgan fingerprint density at radius 2 is 2.00 bits per heavy atom. The summed E-state index contributed by atoms with van der Waals surface area (Å²) in [6, 6.07) is 2.14. The van der Waals surface area contributed by atoms with Crippen LogP contribution < -0.4 is 4.90 Å². The maximum absolute atomic E-state index is 12.8. The fraction of sp³-hybridized carbons (Fsp3) is 0.625. The van der Waals surface area contributed by atoms with E-state index >= 15 is 0 Å². The first kappa shape index (κ1) is 16.9. The van der Waals surface area contributed by atoms with Crippen LogP contribution in [-0.4, -0.2) is 56.1 Å². The smallest absolute Gasteiger partial charge is 0.274 e. The fourth-order valence-corrected chi connectivity index (χ4v) is 3.73. The lowest BCUT2D eigenvalue weighted by Crippen LogP contribution is -2.35. The molecular formula is C16H24N6OS. The van der Waals surface area contributed by atoms with Gasteiger partial charge in [-0.05, 0) is 40.2 Å². The molecule has 1 saturated heterocycles. The highest BCUT2D eigenvalue weighted by Crippen LogP contribution is 2.19. The Bertz CT molecular complexity index is 722. The Labute approximate surface area is 146 Å². The lowest BCUT2D eigenvalue weighted by molar-refractivity contribution is 0.0760. The van der Waals surface area contributed by atoms with Crippen molar-refractivity contribution < 1.29 is 4.79 Å². The molecule has 0 spiro atoms. The summed E-state index contributed by atoms with van der Waals surface area (Å²) in [4.78, 5) is 21.4. The van der Waals surface area contributed by atoms with Gasteiger partial charge < -0.3 is 9.80 Å². The third-order valence-electron chi connectivity index (χ3n) is 4.20. The second kappa shape index (κ2) is 6.88. The van der Waals surface area contributed by atoms with Gasteiger partial charge in [-0.2, -0.15) is 9.47 Å². The number of aromatic nitrogens is 4. The summed E-state index contributed by atoms with van der Waals surface area (Å²) in [6.07, 6.45) is 0.925. The zero-order valence-corrected chi connectivity index (χ0v) is 15.5. The van der Waals surface area contributed by atoms with Crippen LogP contribution in [0.15, 0.2) is 6.07 Å². The molecule has 7 nitrogen and oxygen atoms in total. The summed E-state index contributed by atoms with van der Waals surface area (Å²) >= 11 is 1.43. The molecule has 0 unspecified atom stereocenters. The largest absolute Gasteiger partial charge is 0.345 e. The minimum atomic E-state index is 0.0211. The zero-order chi connectivity index (χ0) is 17.3. The van der Waals surface area contributed by atoms with E-state index in [1.54, 1.807) is 0 Å². The van der Waals surface area contributed by atoms with Crippen LogP contribution in [0.1, 0.15) is 48.3 Å². The van der Waals surface area contributed by atoms with Crippen LogP contribution in [0.2, 0.25) is 0 Å². The molecule has 1 amide bonds. The van der Waals surface area contributed by atoms with Crippen molar-refractivity contribution in [1.29, 1.82) is 0 Å². The summed E-state index contributed by atoms with van der Waals surface area (Å²) in [5, 5.41) is 5.43. The van der Waals surface area contributed by atoms with Gasteiger partial charge >= 0.3 is 0 Å². The van der Waals surface area contributed by atoms with E-state index in [1.165, 1.54) is 11.5 Å². The van der Waals surface area contributed by atoms with Crippen molar-refractivity contribution in [2.24, 2.45) is 0 Å². The van der Waals surface area contributed by atoms with Gasteiger partial charge in [0.2, 0.25) is 5.13 Å². The van der Waals surface area contributed by atoms with E-state index in [2.05, 4.69) is 33.2 Å². The average Bonchev–Trinajstić information content (AvgIpc) is 3.05. The average molecular weight is 348 g/mol. The van der Waals surface area contributed by atoms with Crippen molar-refractivity contribution in [1.82, 2.24) is 24.0 Å². The number of nitrogens with zero attached hydrogens (tertiary/aromatic N) is 6. The molecule has 0 aliphatic carbocycles. The Kier molecular flexibility index (Phi) is 4.84. The van der Waals surface area contributed by atoms with Crippen molar-refractivity contribution in [2.45, 2.75) is 40.2 Å². The molecule has 0 radical (unpaired) electrons. The number of aryl methyl sites for hydroxylation is 2. The molecular weight excluding hydrogens is 324 g/mol. The molecule has 1 aliphatic rings. The van der Waals surface area contributed by atoms with Crippen LogP contribution in [0.25, 0.3) is 0 Å².